The molecule has 2 amide bonds. The fourth-order valence-electron chi connectivity index (χ4n) is 4.88. The van der Waals surface area contributed by atoms with Crippen molar-refractivity contribution in [2.75, 3.05) is 19.8 Å². The number of nitrogens with one attached hydrogen (secondary N) is 2. The number of carboxylic acids is 1. The van der Waals surface area contributed by atoms with Crippen LogP contribution in [0.4, 0.5) is 4.79 Å². The number of aliphatic carboxylic acids is 1. The highest BCUT2D eigenvalue weighted by Crippen LogP contribution is 2.44. The molecule has 1 saturated heterocycles. The molecule has 0 saturated carbocycles. The van der Waals surface area contributed by atoms with Crippen LogP contribution in [0.25, 0.3) is 11.1 Å². The number of hydrogen-bond donors (Lipinski definition) is 3. The summed E-state index contributed by atoms with van der Waals surface area (Å²) in [5.74, 6) is -1.56. The Morgan fingerprint density at radius 3 is 2.29 bits per heavy atom. The van der Waals surface area contributed by atoms with Crippen LogP contribution < -0.4 is 10.6 Å². The average molecular weight is 481 g/mol. The Morgan fingerprint density at radius 2 is 1.69 bits per heavy atom. The van der Waals surface area contributed by atoms with Crippen LogP contribution in [0, 0.1) is 11.8 Å². The molecule has 1 aliphatic carbocycles. The van der Waals surface area contributed by atoms with Crippen LogP contribution >= 0.6 is 0 Å². The van der Waals surface area contributed by atoms with Gasteiger partial charge in [-0.15, -0.1) is 0 Å². The average Bonchev–Trinajstić information content (AvgIpc) is 3.44. The lowest BCUT2D eigenvalue weighted by Crippen LogP contribution is -2.44. The highest BCUT2D eigenvalue weighted by Gasteiger charge is 2.34. The molecule has 2 aromatic carbocycles. The normalized spacial score (nSPS) is 19.6. The summed E-state index contributed by atoms with van der Waals surface area (Å²) < 4.78 is 10.8. The summed E-state index contributed by atoms with van der Waals surface area (Å²) in [7, 11) is 0. The number of carbonyl (C=O) groups excluding carboxylic acids is 2. The lowest BCUT2D eigenvalue weighted by Gasteiger charge is -2.23. The molecule has 35 heavy (non-hydrogen) atoms. The number of rotatable bonds is 9. The van der Waals surface area contributed by atoms with Crippen LogP contribution in [0.2, 0.25) is 0 Å². The van der Waals surface area contributed by atoms with Gasteiger partial charge in [-0.25, -0.2) is 9.59 Å². The first-order valence-electron chi connectivity index (χ1n) is 12.1. The van der Waals surface area contributed by atoms with Crippen molar-refractivity contribution in [3.05, 3.63) is 59.7 Å². The fraction of sp³-hybridized carbons (Fsp3) is 0.444. The van der Waals surface area contributed by atoms with Gasteiger partial charge in [0.15, 0.2) is 6.10 Å². The van der Waals surface area contributed by atoms with Gasteiger partial charge in [0.2, 0.25) is 5.91 Å². The molecule has 8 heteroatoms. The summed E-state index contributed by atoms with van der Waals surface area (Å²) in [5.41, 5.74) is 4.59. The Balaban J connectivity index is 1.30. The Hall–Kier alpha value is -3.39. The lowest BCUT2D eigenvalue weighted by atomic mass is 9.98. The molecule has 4 rings (SSSR count). The largest absolute Gasteiger partial charge is 0.479 e. The molecule has 0 aromatic heterocycles. The monoisotopic (exact) mass is 480 g/mol. The van der Waals surface area contributed by atoms with Crippen molar-refractivity contribution >= 4 is 18.0 Å². The number of carboxylic acid groups (broad SMARTS) is 1. The first-order chi connectivity index (χ1) is 16.8. The van der Waals surface area contributed by atoms with E-state index in [1.807, 2.05) is 38.1 Å². The number of hydrogen-bond acceptors (Lipinski definition) is 5. The zero-order chi connectivity index (χ0) is 24.9. The Kier molecular flexibility index (Phi) is 7.70. The van der Waals surface area contributed by atoms with Crippen molar-refractivity contribution in [1.82, 2.24) is 10.6 Å². The van der Waals surface area contributed by atoms with E-state index in [4.69, 9.17) is 9.47 Å². The van der Waals surface area contributed by atoms with E-state index >= 15 is 0 Å². The highest BCUT2D eigenvalue weighted by molar-refractivity contribution is 5.80. The van der Waals surface area contributed by atoms with Crippen molar-refractivity contribution in [1.29, 1.82) is 0 Å². The zero-order valence-corrected chi connectivity index (χ0v) is 20.0. The minimum atomic E-state index is -1.02. The lowest BCUT2D eigenvalue weighted by molar-refractivity contribution is -0.149. The quantitative estimate of drug-likeness (QED) is 0.506. The maximum absolute atomic E-state index is 12.7. The number of benzene rings is 2. The third-order valence-electron chi connectivity index (χ3n) is 6.88. The molecule has 0 spiro atoms. The maximum Gasteiger partial charge on any atom is 0.407 e. The molecule has 0 bridgehead atoms. The maximum atomic E-state index is 12.7. The minimum Gasteiger partial charge on any atom is -0.479 e. The third-order valence-corrected chi connectivity index (χ3v) is 6.88. The zero-order valence-electron chi connectivity index (χ0n) is 20.0. The van der Waals surface area contributed by atoms with Crippen LogP contribution in [0.1, 0.15) is 43.7 Å². The van der Waals surface area contributed by atoms with Crippen molar-refractivity contribution in [3.63, 3.8) is 0 Å². The van der Waals surface area contributed by atoms with Gasteiger partial charge in [0.1, 0.15) is 6.61 Å². The predicted octanol–water partition coefficient (Wildman–Crippen LogP) is 3.55. The number of fused-ring (bicyclic) bond motifs is 3. The predicted molar refractivity (Wildman–Crippen MR) is 130 cm³/mol. The van der Waals surface area contributed by atoms with E-state index in [0.29, 0.717) is 13.0 Å². The number of amides is 2. The second-order valence-corrected chi connectivity index (χ2v) is 9.51. The van der Waals surface area contributed by atoms with E-state index < -0.39 is 24.2 Å². The van der Waals surface area contributed by atoms with Gasteiger partial charge in [0, 0.05) is 37.5 Å². The van der Waals surface area contributed by atoms with E-state index in [1.54, 1.807) is 0 Å². The van der Waals surface area contributed by atoms with Crippen LogP contribution in [0.15, 0.2) is 48.5 Å². The van der Waals surface area contributed by atoms with Gasteiger partial charge in [-0.2, -0.15) is 0 Å². The molecular formula is C27H32N2O6. The molecule has 2 aliphatic rings. The summed E-state index contributed by atoms with van der Waals surface area (Å²) in [5, 5.41) is 14.8. The van der Waals surface area contributed by atoms with Crippen LogP contribution in [0.3, 0.4) is 0 Å². The van der Waals surface area contributed by atoms with E-state index in [0.717, 1.165) is 22.3 Å². The Labute approximate surface area is 205 Å². The van der Waals surface area contributed by atoms with Gasteiger partial charge in [-0.1, -0.05) is 62.4 Å². The van der Waals surface area contributed by atoms with Gasteiger partial charge >= 0.3 is 12.1 Å². The molecule has 0 unspecified atom stereocenters. The number of carbonyl (C=O) groups is 3. The van der Waals surface area contributed by atoms with Crippen molar-refractivity contribution in [2.24, 2.45) is 11.8 Å². The SMILES string of the molecule is CC(C)[C@@H](CC(=O)NC[C@H]1CCO[C@H]1C(=O)O)NC(=O)OCC1c2ccccc2-c2ccccc21. The van der Waals surface area contributed by atoms with E-state index in [1.165, 1.54) is 0 Å². The number of ether oxygens (including phenoxy) is 2. The van der Waals surface area contributed by atoms with Gasteiger partial charge < -0.3 is 25.2 Å². The van der Waals surface area contributed by atoms with E-state index in [9.17, 15) is 19.5 Å². The molecule has 3 atom stereocenters. The molecule has 3 N–H and O–H groups in total. The van der Waals surface area contributed by atoms with Gasteiger partial charge in [0.05, 0.1) is 0 Å². The van der Waals surface area contributed by atoms with E-state index in [2.05, 4.69) is 34.9 Å². The van der Waals surface area contributed by atoms with E-state index in [-0.39, 0.29) is 43.2 Å². The summed E-state index contributed by atoms with van der Waals surface area (Å²) in [4.78, 5) is 36.4. The molecule has 1 heterocycles. The molecule has 2 aromatic rings. The van der Waals surface area contributed by atoms with Gasteiger partial charge in [-0.3, -0.25) is 4.79 Å². The molecule has 1 aliphatic heterocycles. The Morgan fingerprint density at radius 1 is 1.06 bits per heavy atom. The molecular weight excluding hydrogens is 448 g/mol. The van der Waals surface area contributed by atoms with Crippen molar-refractivity contribution in [2.45, 2.75) is 44.8 Å². The van der Waals surface area contributed by atoms with Gasteiger partial charge in [0.25, 0.3) is 0 Å². The molecule has 1 fully saturated rings. The minimum absolute atomic E-state index is 0.00261. The molecule has 0 radical (unpaired) electrons. The highest BCUT2D eigenvalue weighted by atomic mass is 16.5. The first kappa shape index (κ1) is 24.7. The topological polar surface area (TPSA) is 114 Å². The van der Waals surface area contributed by atoms with Crippen LogP contribution in [-0.4, -0.2) is 55.0 Å². The van der Waals surface area contributed by atoms with Gasteiger partial charge in [-0.05, 0) is 34.6 Å². The summed E-state index contributed by atoms with van der Waals surface area (Å²) in [6.07, 6.45) is -0.792. The second kappa shape index (κ2) is 10.9. The molecule has 186 valence electrons. The first-order valence-corrected chi connectivity index (χ1v) is 12.1. The second-order valence-electron chi connectivity index (χ2n) is 9.51. The number of alkyl carbamates (subject to hydrolysis) is 1. The fourth-order valence-corrected chi connectivity index (χ4v) is 4.88. The summed E-state index contributed by atoms with van der Waals surface area (Å²) in [6, 6.07) is 15.9. The van der Waals surface area contributed by atoms with Crippen LogP contribution in [-0.2, 0) is 19.1 Å². The van der Waals surface area contributed by atoms with Crippen molar-refractivity contribution in [3.8, 4) is 11.1 Å². The molecule has 8 nitrogen and oxygen atoms in total. The Bertz CT molecular complexity index is 1040. The smallest absolute Gasteiger partial charge is 0.407 e. The van der Waals surface area contributed by atoms with Crippen LogP contribution in [0.5, 0.6) is 0 Å². The standard InChI is InChI=1S/C27H32N2O6/c1-16(2)23(13-24(30)28-14-17-11-12-34-25(17)26(31)32)29-27(33)35-15-22-20-9-5-3-7-18(20)19-8-4-6-10-21(19)22/h3-10,16-17,22-23,25H,11-15H2,1-2H3,(H,28,30)(H,29,33)(H,31,32)/t17-,23-,25-/m1/s1. The summed E-state index contributed by atoms with van der Waals surface area (Å²) in [6.45, 7) is 4.65. The summed E-state index contributed by atoms with van der Waals surface area (Å²) >= 11 is 0. The third kappa shape index (κ3) is 5.65. The van der Waals surface area contributed by atoms with Crippen molar-refractivity contribution < 1.29 is 29.0 Å².